The lowest BCUT2D eigenvalue weighted by molar-refractivity contribution is -0.120. The largest absolute Gasteiger partial charge is 0.383 e. The van der Waals surface area contributed by atoms with E-state index in [9.17, 15) is 4.79 Å². The molecule has 18 heavy (non-hydrogen) atoms. The van der Waals surface area contributed by atoms with Crippen LogP contribution < -0.4 is 10.6 Å². The Morgan fingerprint density at radius 1 is 1.44 bits per heavy atom. The van der Waals surface area contributed by atoms with E-state index >= 15 is 0 Å². The van der Waals surface area contributed by atoms with Crippen molar-refractivity contribution in [3.8, 4) is 0 Å². The minimum absolute atomic E-state index is 0.0232. The van der Waals surface area contributed by atoms with Crippen molar-refractivity contribution in [3.63, 3.8) is 0 Å². The fraction of sp³-hybridized carbons (Fsp3) is 0.417. The average Bonchev–Trinajstić information content (AvgIpc) is 2.28. The third-order valence-corrected chi connectivity index (χ3v) is 2.74. The van der Waals surface area contributed by atoms with Crippen molar-refractivity contribution in [2.45, 2.75) is 13.0 Å². The molecule has 6 heteroatoms. The molecule has 0 aliphatic carbocycles. The van der Waals surface area contributed by atoms with E-state index in [1.165, 1.54) is 0 Å². The third kappa shape index (κ3) is 5.12. The Labute approximate surface area is 117 Å². The van der Waals surface area contributed by atoms with Crippen molar-refractivity contribution in [1.29, 1.82) is 0 Å². The number of carbonyl (C=O) groups is 1. The summed E-state index contributed by atoms with van der Waals surface area (Å²) in [5.41, 5.74) is 0.676. The Balaban J connectivity index is 2.42. The van der Waals surface area contributed by atoms with Crippen LogP contribution in [0.4, 0.5) is 5.69 Å². The molecule has 0 spiro atoms. The molecule has 0 bridgehead atoms. The molecule has 0 fully saturated rings. The quantitative estimate of drug-likeness (QED) is 0.847. The van der Waals surface area contributed by atoms with Crippen molar-refractivity contribution in [2.24, 2.45) is 0 Å². The maximum Gasteiger partial charge on any atom is 0.239 e. The molecule has 0 saturated carbocycles. The van der Waals surface area contributed by atoms with Crippen LogP contribution in [0, 0.1) is 0 Å². The van der Waals surface area contributed by atoms with E-state index < -0.39 is 0 Å². The number of amides is 1. The normalized spacial score (nSPS) is 12.0. The summed E-state index contributed by atoms with van der Waals surface area (Å²) in [5.74, 6) is -0.120. The van der Waals surface area contributed by atoms with Crippen LogP contribution in [0.25, 0.3) is 0 Å². The van der Waals surface area contributed by atoms with Crippen LogP contribution in [0.5, 0.6) is 0 Å². The van der Waals surface area contributed by atoms with E-state index in [-0.39, 0.29) is 18.5 Å². The fourth-order valence-corrected chi connectivity index (χ4v) is 1.90. The minimum atomic E-state index is -0.120. The monoisotopic (exact) mass is 290 g/mol. The summed E-state index contributed by atoms with van der Waals surface area (Å²) in [4.78, 5) is 11.6. The third-order valence-electron chi connectivity index (χ3n) is 2.19. The summed E-state index contributed by atoms with van der Waals surface area (Å²) in [6.07, 6.45) is 0. The maximum absolute atomic E-state index is 11.6. The number of ether oxygens (including phenoxy) is 1. The van der Waals surface area contributed by atoms with Gasteiger partial charge in [0.05, 0.1) is 23.9 Å². The number of benzene rings is 1. The first-order chi connectivity index (χ1) is 8.52. The number of carbonyl (C=O) groups excluding carboxylic acids is 1. The summed E-state index contributed by atoms with van der Waals surface area (Å²) in [7, 11) is 1.59. The van der Waals surface area contributed by atoms with E-state index in [0.717, 1.165) is 0 Å². The van der Waals surface area contributed by atoms with Gasteiger partial charge in [-0.05, 0) is 25.1 Å². The van der Waals surface area contributed by atoms with Crippen LogP contribution in [-0.2, 0) is 9.53 Å². The number of rotatable bonds is 6. The van der Waals surface area contributed by atoms with E-state index in [2.05, 4.69) is 10.6 Å². The Bertz CT molecular complexity index is 413. The van der Waals surface area contributed by atoms with E-state index in [1.807, 2.05) is 6.92 Å². The number of nitrogens with one attached hydrogen (secondary N) is 2. The van der Waals surface area contributed by atoms with Gasteiger partial charge in [0.2, 0.25) is 5.91 Å². The second kappa shape index (κ2) is 7.46. The molecule has 1 unspecified atom stereocenters. The van der Waals surface area contributed by atoms with Crippen LogP contribution in [0.3, 0.4) is 0 Å². The minimum Gasteiger partial charge on any atom is -0.383 e. The highest BCUT2D eigenvalue weighted by atomic mass is 35.5. The van der Waals surface area contributed by atoms with Gasteiger partial charge in [0, 0.05) is 18.2 Å². The Hall–Kier alpha value is -0.970. The molecule has 100 valence electrons. The molecule has 0 aliphatic heterocycles. The average molecular weight is 291 g/mol. The predicted octanol–water partition coefficient (Wildman–Crippen LogP) is 2.56. The summed E-state index contributed by atoms with van der Waals surface area (Å²) in [6, 6.07) is 5.04. The molecule has 0 heterocycles. The molecule has 1 aromatic rings. The molecule has 1 atom stereocenters. The molecule has 1 amide bonds. The molecule has 2 N–H and O–H groups in total. The highest BCUT2D eigenvalue weighted by Gasteiger charge is 2.07. The van der Waals surface area contributed by atoms with Gasteiger partial charge in [0.25, 0.3) is 0 Å². The zero-order valence-electron chi connectivity index (χ0n) is 10.3. The molecule has 0 aliphatic rings. The lowest BCUT2D eigenvalue weighted by Crippen LogP contribution is -2.39. The number of hydrogen-bond donors (Lipinski definition) is 2. The molecular formula is C12H16Cl2N2O2. The summed E-state index contributed by atoms with van der Waals surface area (Å²) < 4.78 is 4.93. The van der Waals surface area contributed by atoms with Gasteiger partial charge >= 0.3 is 0 Å². The van der Waals surface area contributed by atoms with Gasteiger partial charge in [-0.3, -0.25) is 4.79 Å². The maximum atomic E-state index is 11.6. The second-order valence-electron chi connectivity index (χ2n) is 3.90. The molecular weight excluding hydrogens is 275 g/mol. The summed E-state index contributed by atoms with van der Waals surface area (Å²) >= 11 is 11.7. The van der Waals surface area contributed by atoms with Gasteiger partial charge in [-0.1, -0.05) is 23.2 Å². The van der Waals surface area contributed by atoms with Crippen LogP contribution >= 0.6 is 23.2 Å². The number of anilines is 1. The topological polar surface area (TPSA) is 50.4 Å². The molecule has 4 nitrogen and oxygen atoms in total. The Morgan fingerprint density at radius 3 is 2.78 bits per heavy atom. The van der Waals surface area contributed by atoms with Crippen LogP contribution in [0.2, 0.25) is 10.0 Å². The van der Waals surface area contributed by atoms with Crippen molar-refractivity contribution in [3.05, 3.63) is 28.2 Å². The van der Waals surface area contributed by atoms with Gasteiger partial charge in [0.15, 0.2) is 0 Å². The second-order valence-corrected chi connectivity index (χ2v) is 4.75. The van der Waals surface area contributed by atoms with Gasteiger partial charge in [-0.2, -0.15) is 0 Å². The molecule has 0 saturated heterocycles. The Kier molecular flexibility index (Phi) is 6.25. The predicted molar refractivity (Wildman–Crippen MR) is 74.4 cm³/mol. The summed E-state index contributed by atoms with van der Waals surface area (Å²) in [5, 5.41) is 6.78. The van der Waals surface area contributed by atoms with E-state index in [4.69, 9.17) is 27.9 Å². The van der Waals surface area contributed by atoms with Crippen molar-refractivity contribution < 1.29 is 9.53 Å². The highest BCUT2D eigenvalue weighted by molar-refractivity contribution is 6.36. The van der Waals surface area contributed by atoms with Gasteiger partial charge in [0.1, 0.15) is 0 Å². The SMILES string of the molecule is COCC(C)NC(=O)CNc1ccc(Cl)cc1Cl. The standard InChI is InChI=1S/C12H16Cl2N2O2/c1-8(7-18-2)16-12(17)6-15-11-4-3-9(13)5-10(11)14/h3-5,8,15H,6-7H2,1-2H3,(H,16,17). The smallest absolute Gasteiger partial charge is 0.239 e. The zero-order chi connectivity index (χ0) is 13.5. The van der Waals surface area contributed by atoms with Gasteiger partial charge in [-0.15, -0.1) is 0 Å². The lowest BCUT2D eigenvalue weighted by Gasteiger charge is -2.14. The van der Waals surface area contributed by atoms with Crippen LogP contribution in [-0.4, -0.2) is 32.2 Å². The van der Waals surface area contributed by atoms with E-state index in [1.54, 1.807) is 25.3 Å². The van der Waals surface area contributed by atoms with Crippen molar-refractivity contribution >= 4 is 34.8 Å². The highest BCUT2D eigenvalue weighted by Crippen LogP contribution is 2.24. The number of halogens is 2. The first-order valence-electron chi connectivity index (χ1n) is 5.50. The summed E-state index contributed by atoms with van der Waals surface area (Å²) in [6.45, 7) is 2.50. The van der Waals surface area contributed by atoms with E-state index in [0.29, 0.717) is 22.3 Å². The number of hydrogen-bond acceptors (Lipinski definition) is 3. The van der Waals surface area contributed by atoms with Gasteiger partial charge < -0.3 is 15.4 Å². The van der Waals surface area contributed by atoms with Crippen molar-refractivity contribution in [2.75, 3.05) is 25.6 Å². The van der Waals surface area contributed by atoms with Crippen molar-refractivity contribution in [1.82, 2.24) is 5.32 Å². The number of methoxy groups -OCH3 is 1. The van der Waals surface area contributed by atoms with Gasteiger partial charge in [-0.25, -0.2) is 0 Å². The molecule has 0 radical (unpaired) electrons. The molecule has 1 aromatic carbocycles. The molecule has 0 aromatic heterocycles. The fourth-order valence-electron chi connectivity index (χ4n) is 1.43. The van der Waals surface area contributed by atoms with Crippen LogP contribution in [0.15, 0.2) is 18.2 Å². The zero-order valence-corrected chi connectivity index (χ0v) is 11.8. The van der Waals surface area contributed by atoms with Crippen LogP contribution in [0.1, 0.15) is 6.92 Å². The first kappa shape index (κ1) is 15.1. The first-order valence-corrected chi connectivity index (χ1v) is 6.25. The Morgan fingerprint density at radius 2 is 2.17 bits per heavy atom. The lowest BCUT2D eigenvalue weighted by atomic mass is 10.3. The molecule has 1 rings (SSSR count).